The molecule has 0 aromatic carbocycles. The quantitative estimate of drug-likeness (QED) is 0.760. The molecule has 114 valence electrons. The van der Waals surface area contributed by atoms with E-state index in [9.17, 15) is 13.2 Å². The van der Waals surface area contributed by atoms with Crippen molar-refractivity contribution in [3.05, 3.63) is 0 Å². The SMILES string of the molecule is C[C@@H]1[C@@H]2C[C@@H]([C@H](S(=O)(=O)N3CCOCC3)C2=O)C1(C)C. The van der Waals surface area contributed by atoms with Crippen LogP contribution in [0, 0.1) is 23.2 Å². The zero-order chi connectivity index (χ0) is 14.7. The molecule has 3 aliphatic rings. The van der Waals surface area contributed by atoms with E-state index in [1.807, 2.05) is 0 Å². The number of ketones is 1. The predicted molar refractivity (Wildman–Crippen MR) is 74.6 cm³/mol. The Labute approximate surface area is 120 Å². The second kappa shape index (κ2) is 4.52. The van der Waals surface area contributed by atoms with Crippen LogP contribution in [0.2, 0.25) is 0 Å². The van der Waals surface area contributed by atoms with Gasteiger partial charge in [0.2, 0.25) is 10.0 Å². The van der Waals surface area contributed by atoms with Gasteiger partial charge in [0.05, 0.1) is 13.2 Å². The number of fused-ring (bicyclic) bond motifs is 2. The summed E-state index contributed by atoms with van der Waals surface area (Å²) < 4.78 is 32.3. The normalized spacial score (nSPS) is 41.2. The van der Waals surface area contributed by atoms with Crippen molar-refractivity contribution in [3.8, 4) is 0 Å². The third kappa shape index (κ3) is 1.81. The molecule has 0 radical (unpaired) electrons. The van der Waals surface area contributed by atoms with Crippen LogP contribution >= 0.6 is 0 Å². The summed E-state index contributed by atoms with van der Waals surface area (Å²) in [7, 11) is -3.53. The summed E-state index contributed by atoms with van der Waals surface area (Å²) in [5.74, 6) is 0.114. The summed E-state index contributed by atoms with van der Waals surface area (Å²) in [5, 5.41) is -0.822. The molecular weight excluding hydrogens is 278 g/mol. The third-order valence-electron chi connectivity index (χ3n) is 5.90. The van der Waals surface area contributed by atoms with Crippen molar-refractivity contribution < 1.29 is 17.9 Å². The molecule has 3 rings (SSSR count). The van der Waals surface area contributed by atoms with Gasteiger partial charge >= 0.3 is 0 Å². The lowest BCUT2D eigenvalue weighted by Crippen LogP contribution is -2.53. The topological polar surface area (TPSA) is 63.7 Å². The van der Waals surface area contributed by atoms with E-state index in [-0.39, 0.29) is 29.0 Å². The van der Waals surface area contributed by atoms with Crippen LogP contribution in [0.1, 0.15) is 27.2 Å². The van der Waals surface area contributed by atoms with Gasteiger partial charge in [-0.25, -0.2) is 8.42 Å². The molecule has 1 saturated heterocycles. The summed E-state index contributed by atoms with van der Waals surface area (Å²) in [6, 6.07) is 0. The average Bonchev–Trinajstić information content (AvgIpc) is 2.86. The number of ether oxygens (including phenoxy) is 1. The van der Waals surface area contributed by atoms with Crippen molar-refractivity contribution >= 4 is 15.8 Å². The Kier molecular flexibility index (Phi) is 3.27. The Morgan fingerprint density at radius 1 is 1.25 bits per heavy atom. The molecule has 0 N–H and O–H groups in total. The van der Waals surface area contributed by atoms with E-state index in [0.29, 0.717) is 26.3 Å². The highest BCUT2D eigenvalue weighted by molar-refractivity contribution is 7.90. The molecule has 0 aromatic heterocycles. The van der Waals surface area contributed by atoms with E-state index in [0.717, 1.165) is 6.42 Å². The number of rotatable bonds is 2. The molecule has 0 aromatic rings. The molecule has 2 aliphatic carbocycles. The maximum Gasteiger partial charge on any atom is 0.224 e. The van der Waals surface area contributed by atoms with E-state index < -0.39 is 15.3 Å². The highest BCUT2D eigenvalue weighted by Gasteiger charge is 2.64. The monoisotopic (exact) mass is 301 g/mol. The molecule has 0 unspecified atom stereocenters. The maximum absolute atomic E-state index is 12.8. The molecule has 2 bridgehead atoms. The van der Waals surface area contributed by atoms with Crippen LogP contribution in [0.5, 0.6) is 0 Å². The molecule has 2 saturated carbocycles. The average molecular weight is 301 g/mol. The smallest absolute Gasteiger partial charge is 0.224 e. The first-order valence-corrected chi connectivity index (χ1v) is 8.88. The van der Waals surface area contributed by atoms with Gasteiger partial charge in [-0.05, 0) is 23.7 Å². The maximum atomic E-state index is 12.8. The molecule has 1 heterocycles. The van der Waals surface area contributed by atoms with Crippen molar-refractivity contribution in [3.63, 3.8) is 0 Å². The first-order chi connectivity index (χ1) is 9.28. The number of Topliss-reactive ketones (excluding diaryl/α,β-unsaturated/α-hetero) is 1. The molecule has 1 aliphatic heterocycles. The van der Waals surface area contributed by atoms with Crippen molar-refractivity contribution in [2.24, 2.45) is 23.2 Å². The number of carbonyl (C=O) groups excluding carboxylic acids is 1. The minimum Gasteiger partial charge on any atom is -0.379 e. The predicted octanol–water partition coefficient (Wildman–Crippen LogP) is 0.898. The van der Waals surface area contributed by atoms with Crippen LogP contribution in [0.4, 0.5) is 0 Å². The molecule has 6 heteroatoms. The van der Waals surface area contributed by atoms with Gasteiger partial charge in [-0.15, -0.1) is 0 Å². The van der Waals surface area contributed by atoms with Gasteiger partial charge in [-0.3, -0.25) is 4.79 Å². The molecule has 5 nitrogen and oxygen atoms in total. The molecular formula is C14H23NO4S. The Balaban J connectivity index is 1.93. The molecule has 0 spiro atoms. The van der Waals surface area contributed by atoms with Gasteiger partial charge in [-0.2, -0.15) is 4.31 Å². The van der Waals surface area contributed by atoms with E-state index in [2.05, 4.69) is 20.8 Å². The summed E-state index contributed by atoms with van der Waals surface area (Å²) in [6.45, 7) is 7.90. The van der Waals surface area contributed by atoms with Crippen molar-refractivity contribution in [2.75, 3.05) is 26.3 Å². The van der Waals surface area contributed by atoms with Gasteiger partial charge in [0.25, 0.3) is 0 Å². The molecule has 3 fully saturated rings. The lowest BCUT2D eigenvalue weighted by Gasteiger charge is -2.41. The van der Waals surface area contributed by atoms with Crippen LogP contribution in [-0.4, -0.2) is 50.1 Å². The number of sulfonamides is 1. The van der Waals surface area contributed by atoms with Crippen LogP contribution in [0.15, 0.2) is 0 Å². The molecule has 0 amide bonds. The number of hydrogen-bond donors (Lipinski definition) is 0. The van der Waals surface area contributed by atoms with E-state index in [1.54, 1.807) is 0 Å². The van der Waals surface area contributed by atoms with Crippen LogP contribution < -0.4 is 0 Å². The fraction of sp³-hybridized carbons (Fsp3) is 0.929. The summed E-state index contributed by atoms with van der Waals surface area (Å²) in [6.07, 6.45) is 0.737. The Hall–Kier alpha value is -0.460. The van der Waals surface area contributed by atoms with Gasteiger partial charge in [0.15, 0.2) is 5.78 Å². The first-order valence-electron chi connectivity index (χ1n) is 7.38. The highest BCUT2D eigenvalue weighted by atomic mass is 32.2. The third-order valence-corrected chi connectivity index (χ3v) is 8.19. The van der Waals surface area contributed by atoms with Crippen molar-refractivity contribution in [2.45, 2.75) is 32.4 Å². The Bertz CT molecular complexity index is 521. The number of morpholine rings is 1. The van der Waals surface area contributed by atoms with E-state index in [1.165, 1.54) is 4.31 Å². The highest BCUT2D eigenvalue weighted by Crippen LogP contribution is 2.59. The summed E-state index contributed by atoms with van der Waals surface area (Å²) in [4.78, 5) is 12.5. The molecule has 4 atom stereocenters. The number of carbonyl (C=O) groups is 1. The van der Waals surface area contributed by atoms with Gasteiger partial charge in [0.1, 0.15) is 5.25 Å². The fourth-order valence-corrected chi connectivity index (χ4v) is 6.56. The van der Waals surface area contributed by atoms with Gasteiger partial charge < -0.3 is 4.74 Å². The zero-order valence-corrected chi connectivity index (χ0v) is 13.1. The lowest BCUT2D eigenvalue weighted by atomic mass is 9.69. The van der Waals surface area contributed by atoms with Crippen molar-refractivity contribution in [1.29, 1.82) is 0 Å². The van der Waals surface area contributed by atoms with Gasteiger partial charge in [0, 0.05) is 19.0 Å². The fourth-order valence-electron chi connectivity index (χ4n) is 4.24. The lowest BCUT2D eigenvalue weighted by molar-refractivity contribution is -0.125. The van der Waals surface area contributed by atoms with Crippen LogP contribution in [0.3, 0.4) is 0 Å². The van der Waals surface area contributed by atoms with Gasteiger partial charge in [-0.1, -0.05) is 20.8 Å². The standard InChI is InChI=1S/C14H23NO4S/c1-9-10-8-11(14(9,2)3)13(12(10)16)20(17,18)15-4-6-19-7-5-15/h9-11,13H,4-8H2,1-3H3/t9-,10+,11+,13+/m1/s1. The number of hydrogen-bond acceptors (Lipinski definition) is 4. The molecule has 20 heavy (non-hydrogen) atoms. The first kappa shape index (κ1) is 14.5. The van der Waals surface area contributed by atoms with Crippen LogP contribution in [0.25, 0.3) is 0 Å². The Morgan fingerprint density at radius 3 is 2.40 bits per heavy atom. The number of nitrogens with zero attached hydrogens (tertiary/aromatic N) is 1. The zero-order valence-electron chi connectivity index (χ0n) is 12.3. The summed E-state index contributed by atoms with van der Waals surface area (Å²) in [5.41, 5.74) is -0.0808. The second-order valence-electron chi connectivity index (χ2n) is 6.94. The minimum atomic E-state index is -3.53. The Morgan fingerprint density at radius 2 is 1.85 bits per heavy atom. The van der Waals surface area contributed by atoms with E-state index >= 15 is 0 Å². The van der Waals surface area contributed by atoms with E-state index in [4.69, 9.17) is 4.74 Å². The minimum absolute atomic E-state index is 0.0390. The van der Waals surface area contributed by atoms with Crippen molar-refractivity contribution in [1.82, 2.24) is 4.31 Å². The summed E-state index contributed by atoms with van der Waals surface area (Å²) >= 11 is 0. The second-order valence-corrected chi connectivity index (χ2v) is 8.99. The largest absolute Gasteiger partial charge is 0.379 e. The van der Waals surface area contributed by atoms with Crippen LogP contribution in [-0.2, 0) is 19.6 Å².